The highest BCUT2D eigenvalue weighted by Gasteiger charge is 2.30. The van der Waals surface area contributed by atoms with Crippen LogP contribution >= 0.6 is 0 Å². The van der Waals surface area contributed by atoms with Crippen LogP contribution in [0.1, 0.15) is 29.2 Å². The van der Waals surface area contributed by atoms with Crippen molar-refractivity contribution in [2.45, 2.75) is 40.3 Å². The summed E-state index contributed by atoms with van der Waals surface area (Å²) >= 11 is 0. The van der Waals surface area contributed by atoms with Gasteiger partial charge in [0, 0.05) is 13.6 Å². The molecule has 0 heterocycles. The number of carbonyl (C=O) groups excluding carboxylic acids is 2. The third kappa shape index (κ3) is 6.07. The second-order valence-electron chi connectivity index (χ2n) is 7.80. The third-order valence-electron chi connectivity index (χ3n) is 5.32. The number of hydrogen-bond acceptors (Lipinski definition) is 4. The van der Waals surface area contributed by atoms with E-state index in [1.54, 1.807) is 13.0 Å². The first kappa shape index (κ1) is 24.4. The number of rotatable bonds is 8. The van der Waals surface area contributed by atoms with Crippen LogP contribution in [0, 0.1) is 20.8 Å². The van der Waals surface area contributed by atoms with E-state index in [9.17, 15) is 18.0 Å². The lowest BCUT2D eigenvalue weighted by molar-refractivity contribution is -0.139. The summed E-state index contributed by atoms with van der Waals surface area (Å²) in [5.74, 6) is -0.774. The lowest BCUT2D eigenvalue weighted by atomic mass is 10.1. The average molecular weight is 446 g/mol. The van der Waals surface area contributed by atoms with E-state index in [0.717, 1.165) is 32.8 Å². The number of amides is 2. The summed E-state index contributed by atoms with van der Waals surface area (Å²) in [6, 6.07) is 12.2. The number of benzene rings is 2. The second-order valence-corrected chi connectivity index (χ2v) is 9.70. The molecule has 0 aliphatic carbocycles. The standard InChI is InChI=1S/C23H31N3O4S/c1-16-11-12-21(18(3)13-16)26(31(6,29)30)15-22(27)25(19(4)23(28)24-5)14-20-10-8-7-9-17(20)2/h7-13,19H,14-15H2,1-6H3,(H,24,28). The predicted octanol–water partition coefficient (Wildman–Crippen LogP) is 2.54. The molecular formula is C23H31N3O4S. The third-order valence-corrected chi connectivity index (χ3v) is 6.44. The topological polar surface area (TPSA) is 86.8 Å². The molecular weight excluding hydrogens is 414 g/mol. The molecule has 2 aromatic rings. The molecule has 0 saturated carbocycles. The van der Waals surface area contributed by atoms with Gasteiger partial charge in [0.15, 0.2) is 0 Å². The normalized spacial score (nSPS) is 12.2. The number of carbonyl (C=O) groups is 2. The van der Waals surface area contributed by atoms with Crippen LogP contribution in [0.2, 0.25) is 0 Å². The molecule has 0 bridgehead atoms. The molecule has 31 heavy (non-hydrogen) atoms. The van der Waals surface area contributed by atoms with Crippen LogP contribution in [-0.4, -0.2) is 51.0 Å². The Labute approximate surface area is 185 Å². The number of nitrogens with one attached hydrogen (secondary N) is 1. The minimum Gasteiger partial charge on any atom is -0.357 e. The Morgan fingerprint density at radius 3 is 2.23 bits per heavy atom. The average Bonchev–Trinajstić information content (AvgIpc) is 2.70. The Morgan fingerprint density at radius 2 is 1.68 bits per heavy atom. The van der Waals surface area contributed by atoms with Crippen LogP contribution in [0.5, 0.6) is 0 Å². The Kier molecular flexibility index (Phi) is 7.84. The number of sulfonamides is 1. The largest absolute Gasteiger partial charge is 0.357 e. The van der Waals surface area contributed by atoms with Crippen LogP contribution in [0.3, 0.4) is 0 Å². The van der Waals surface area contributed by atoms with Gasteiger partial charge in [0.1, 0.15) is 12.6 Å². The molecule has 2 aromatic carbocycles. The molecule has 1 atom stereocenters. The van der Waals surface area contributed by atoms with Crippen LogP contribution in [0.15, 0.2) is 42.5 Å². The smallest absolute Gasteiger partial charge is 0.244 e. The van der Waals surface area contributed by atoms with E-state index < -0.39 is 28.5 Å². The molecule has 0 aliphatic heterocycles. The molecule has 0 aromatic heterocycles. The van der Waals surface area contributed by atoms with Crippen molar-refractivity contribution in [3.05, 3.63) is 64.7 Å². The number of anilines is 1. The lowest BCUT2D eigenvalue weighted by Crippen LogP contribution is -2.50. The fourth-order valence-corrected chi connectivity index (χ4v) is 4.35. The Hall–Kier alpha value is -2.87. The highest BCUT2D eigenvalue weighted by molar-refractivity contribution is 7.92. The molecule has 0 aliphatic rings. The van der Waals surface area contributed by atoms with Crippen molar-refractivity contribution in [1.29, 1.82) is 0 Å². The molecule has 1 unspecified atom stereocenters. The van der Waals surface area contributed by atoms with Crippen molar-refractivity contribution in [2.24, 2.45) is 0 Å². The zero-order valence-corrected chi connectivity index (χ0v) is 19.8. The summed E-state index contributed by atoms with van der Waals surface area (Å²) in [5, 5.41) is 2.57. The Bertz CT molecular complexity index is 1070. The Balaban J connectivity index is 2.43. The maximum atomic E-state index is 13.4. The number of aryl methyl sites for hydroxylation is 3. The number of hydrogen-bond donors (Lipinski definition) is 1. The zero-order chi connectivity index (χ0) is 23.3. The van der Waals surface area contributed by atoms with Gasteiger partial charge in [-0.3, -0.25) is 13.9 Å². The van der Waals surface area contributed by atoms with Crippen molar-refractivity contribution >= 4 is 27.5 Å². The van der Waals surface area contributed by atoms with Gasteiger partial charge in [-0.2, -0.15) is 0 Å². The van der Waals surface area contributed by atoms with Gasteiger partial charge in [0.05, 0.1) is 11.9 Å². The van der Waals surface area contributed by atoms with E-state index >= 15 is 0 Å². The van der Waals surface area contributed by atoms with Crippen LogP contribution in [-0.2, 0) is 26.2 Å². The van der Waals surface area contributed by atoms with Gasteiger partial charge in [0.2, 0.25) is 21.8 Å². The number of nitrogens with zero attached hydrogens (tertiary/aromatic N) is 2. The van der Waals surface area contributed by atoms with Crippen molar-refractivity contribution in [2.75, 3.05) is 24.2 Å². The molecule has 1 N–H and O–H groups in total. The van der Waals surface area contributed by atoms with Crippen molar-refractivity contribution in [3.8, 4) is 0 Å². The first-order chi connectivity index (χ1) is 14.5. The van der Waals surface area contributed by atoms with Crippen molar-refractivity contribution in [1.82, 2.24) is 10.2 Å². The molecule has 168 valence electrons. The molecule has 0 radical (unpaired) electrons. The van der Waals surface area contributed by atoms with Crippen LogP contribution in [0.25, 0.3) is 0 Å². The van der Waals surface area contributed by atoms with E-state index in [2.05, 4.69) is 5.32 Å². The number of likely N-dealkylation sites (N-methyl/N-ethyl adjacent to an activating group) is 1. The minimum atomic E-state index is -3.73. The SMILES string of the molecule is CNC(=O)C(C)N(Cc1ccccc1C)C(=O)CN(c1ccc(C)cc1C)S(C)(=O)=O. The van der Waals surface area contributed by atoms with Gasteiger partial charge in [0.25, 0.3) is 0 Å². The lowest BCUT2D eigenvalue weighted by Gasteiger charge is -2.32. The maximum absolute atomic E-state index is 13.4. The summed E-state index contributed by atoms with van der Waals surface area (Å²) in [6.07, 6.45) is 1.08. The quantitative estimate of drug-likeness (QED) is 0.677. The molecule has 0 spiro atoms. The van der Waals surface area contributed by atoms with Crippen molar-refractivity contribution < 1.29 is 18.0 Å². The van der Waals surface area contributed by atoms with E-state index in [0.29, 0.717) is 5.69 Å². The van der Waals surface area contributed by atoms with Gasteiger partial charge < -0.3 is 10.2 Å². The van der Waals surface area contributed by atoms with Crippen LogP contribution in [0.4, 0.5) is 5.69 Å². The highest BCUT2D eigenvalue weighted by Crippen LogP contribution is 2.24. The highest BCUT2D eigenvalue weighted by atomic mass is 32.2. The predicted molar refractivity (Wildman–Crippen MR) is 123 cm³/mol. The Morgan fingerprint density at radius 1 is 1.03 bits per heavy atom. The molecule has 8 heteroatoms. The van der Waals surface area contributed by atoms with E-state index in [1.807, 2.05) is 57.2 Å². The maximum Gasteiger partial charge on any atom is 0.244 e. The summed E-state index contributed by atoms with van der Waals surface area (Å²) in [6.45, 7) is 7.10. The monoisotopic (exact) mass is 445 g/mol. The van der Waals surface area contributed by atoms with Crippen LogP contribution < -0.4 is 9.62 Å². The molecule has 7 nitrogen and oxygen atoms in total. The van der Waals surface area contributed by atoms with Gasteiger partial charge in [-0.25, -0.2) is 8.42 Å². The molecule has 2 amide bonds. The van der Waals surface area contributed by atoms with Gasteiger partial charge in [-0.1, -0.05) is 42.0 Å². The molecule has 2 rings (SSSR count). The summed E-state index contributed by atoms with van der Waals surface area (Å²) < 4.78 is 26.3. The summed E-state index contributed by atoms with van der Waals surface area (Å²) in [4.78, 5) is 27.1. The summed E-state index contributed by atoms with van der Waals surface area (Å²) in [5.41, 5.74) is 4.08. The van der Waals surface area contributed by atoms with Gasteiger partial charge >= 0.3 is 0 Å². The first-order valence-electron chi connectivity index (χ1n) is 10.1. The van der Waals surface area contributed by atoms with Crippen molar-refractivity contribution in [3.63, 3.8) is 0 Å². The first-order valence-corrected chi connectivity index (χ1v) is 11.9. The molecule has 0 saturated heterocycles. The molecule has 0 fully saturated rings. The van der Waals surface area contributed by atoms with E-state index in [4.69, 9.17) is 0 Å². The fourth-order valence-electron chi connectivity index (χ4n) is 3.44. The minimum absolute atomic E-state index is 0.199. The summed E-state index contributed by atoms with van der Waals surface area (Å²) in [7, 11) is -2.22. The fraction of sp³-hybridized carbons (Fsp3) is 0.391. The zero-order valence-electron chi connectivity index (χ0n) is 19.0. The van der Waals surface area contributed by atoms with Gasteiger partial charge in [-0.15, -0.1) is 0 Å². The van der Waals surface area contributed by atoms with E-state index in [1.165, 1.54) is 11.9 Å². The van der Waals surface area contributed by atoms with E-state index in [-0.39, 0.29) is 12.5 Å². The van der Waals surface area contributed by atoms with Gasteiger partial charge in [-0.05, 0) is 50.5 Å². The second kappa shape index (κ2) is 9.96.